The standard InChI is InChI=1S/C6H10O5.C6H6O2/c1-3-5(7,8)11-6(9,10)4-2;7-5-1-2-6(8)4-3-5/h3-4,7-10H,1-2H2;1-4,7-8H. The normalized spacial score (nSPS) is 11.2. The smallest absolute Gasteiger partial charge is 0.303 e. The van der Waals surface area contributed by atoms with Crippen molar-refractivity contribution in [2.75, 3.05) is 0 Å². The second kappa shape index (κ2) is 6.88. The van der Waals surface area contributed by atoms with E-state index in [0.717, 1.165) is 0 Å². The molecule has 6 N–H and O–H groups in total. The molecule has 0 aliphatic rings. The van der Waals surface area contributed by atoms with E-state index < -0.39 is 11.9 Å². The molecular formula is C12H16O7. The van der Waals surface area contributed by atoms with Crippen LogP contribution in [0.3, 0.4) is 0 Å². The molecule has 7 nitrogen and oxygen atoms in total. The Balaban J connectivity index is 0.000000356. The molecule has 1 aromatic rings. The van der Waals surface area contributed by atoms with Crippen molar-refractivity contribution in [3.05, 3.63) is 49.6 Å². The van der Waals surface area contributed by atoms with Crippen LogP contribution in [0.2, 0.25) is 0 Å². The molecule has 0 heterocycles. The Hall–Kier alpha value is -1.90. The van der Waals surface area contributed by atoms with Crippen LogP contribution < -0.4 is 0 Å². The number of phenolic OH excluding ortho intramolecular Hbond substituents is 2. The average molecular weight is 272 g/mol. The quantitative estimate of drug-likeness (QED) is 0.253. The van der Waals surface area contributed by atoms with Gasteiger partial charge in [0.1, 0.15) is 11.5 Å². The van der Waals surface area contributed by atoms with Crippen molar-refractivity contribution < 1.29 is 35.4 Å². The van der Waals surface area contributed by atoms with Crippen LogP contribution in [0.4, 0.5) is 0 Å². The largest absolute Gasteiger partial charge is 0.508 e. The van der Waals surface area contributed by atoms with Crippen LogP contribution in [0.25, 0.3) is 0 Å². The summed E-state index contributed by atoms with van der Waals surface area (Å²) in [5.41, 5.74) is 0. The van der Waals surface area contributed by atoms with Crippen LogP contribution in [-0.2, 0) is 4.74 Å². The molecule has 0 atom stereocenters. The van der Waals surface area contributed by atoms with Gasteiger partial charge in [-0.3, -0.25) is 4.74 Å². The van der Waals surface area contributed by atoms with Crippen LogP contribution in [0.15, 0.2) is 49.6 Å². The maximum atomic E-state index is 8.65. The van der Waals surface area contributed by atoms with Gasteiger partial charge in [-0.2, -0.15) is 0 Å². The summed E-state index contributed by atoms with van der Waals surface area (Å²) in [6, 6.07) is 5.70. The molecule has 0 aliphatic heterocycles. The zero-order chi connectivity index (χ0) is 15.1. The molecule has 0 radical (unpaired) electrons. The van der Waals surface area contributed by atoms with Crippen LogP contribution in [0, 0.1) is 0 Å². The molecule has 7 heteroatoms. The molecule has 0 amide bonds. The molecule has 0 bridgehead atoms. The Morgan fingerprint density at radius 1 is 0.789 bits per heavy atom. The lowest BCUT2D eigenvalue weighted by Crippen LogP contribution is -2.42. The third-order valence-electron chi connectivity index (χ3n) is 1.68. The third kappa shape index (κ3) is 7.92. The molecule has 1 rings (SSSR count). The van der Waals surface area contributed by atoms with Gasteiger partial charge in [0.15, 0.2) is 0 Å². The summed E-state index contributed by atoms with van der Waals surface area (Å²) in [6.07, 6.45) is 1.16. The van der Waals surface area contributed by atoms with Crippen molar-refractivity contribution in [3.63, 3.8) is 0 Å². The predicted octanol–water partition coefficient (Wildman–Crippen LogP) is -0.250. The lowest BCUT2D eigenvalue weighted by Gasteiger charge is -2.25. The molecule has 0 unspecified atom stereocenters. The van der Waals surface area contributed by atoms with Gasteiger partial charge in [0, 0.05) is 0 Å². The maximum absolute atomic E-state index is 8.65. The van der Waals surface area contributed by atoms with Crippen molar-refractivity contribution in [1.82, 2.24) is 0 Å². The first-order chi connectivity index (χ1) is 8.62. The van der Waals surface area contributed by atoms with E-state index in [1.165, 1.54) is 24.3 Å². The van der Waals surface area contributed by atoms with E-state index >= 15 is 0 Å². The molecular weight excluding hydrogens is 256 g/mol. The first-order valence-corrected chi connectivity index (χ1v) is 4.97. The maximum Gasteiger partial charge on any atom is 0.303 e. The third-order valence-corrected chi connectivity index (χ3v) is 1.68. The number of hydrogen-bond donors (Lipinski definition) is 6. The summed E-state index contributed by atoms with van der Waals surface area (Å²) in [5, 5.41) is 51.8. The van der Waals surface area contributed by atoms with Gasteiger partial charge in [0.25, 0.3) is 0 Å². The van der Waals surface area contributed by atoms with E-state index in [0.29, 0.717) is 12.2 Å². The Morgan fingerprint density at radius 3 is 1.26 bits per heavy atom. The first kappa shape index (κ1) is 17.1. The second-order valence-electron chi connectivity index (χ2n) is 3.34. The van der Waals surface area contributed by atoms with E-state index in [1.54, 1.807) is 0 Å². The van der Waals surface area contributed by atoms with Crippen molar-refractivity contribution in [2.45, 2.75) is 11.9 Å². The minimum absolute atomic E-state index is 0.169. The summed E-state index contributed by atoms with van der Waals surface area (Å²) >= 11 is 0. The highest BCUT2D eigenvalue weighted by Gasteiger charge is 2.32. The van der Waals surface area contributed by atoms with Crippen molar-refractivity contribution in [2.24, 2.45) is 0 Å². The highest BCUT2D eigenvalue weighted by Crippen LogP contribution is 2.13. The number of aromatic hydroxyl groups is 2. The van der Waals surface area contributed by atoms with Crippen LogP contribution >= 0.6 is 0 Å². The Labute approximate surface area is 109 Å². The number of hydrogen-bond acceptors (Lipinski definition) is 7. The summed E-state index contributed by atoms with van der Waals surface area (Å²) in [4.78, 5) is 0. The highest BCUT2D eigenvalue weighted by atomic mass is 16.9. The van der Waals surface area contributed by atoms with Crippen LogP contribution in [0.5, 0.6) is 11.5 Å². The van der Waals surface area contributed by atoms with E-state index in [4.69, 9.17) is 30.6 Å². The lowest BCUT2D eigenvalue weighted by molar-refractivity contribution is -0.433. The van der Waals surface area contributed by atoms with Gasteiger partial charge >= 0.3 is 11.9 Å². The molecule has 19 heavy (non-hydrogen) atoms. The van der Waals surface area contributed by atoms with Gasteiger partial charge in [0.2, 0.25) is 0 Å². The van der Waals surface area contributed by atoms with Gasteiger partial charge in [-0.1, -0.05) is 13.2 Å². The summed E-state index contributed by atoms with van der Waals surface area (Å²) < 4.78 is 3.91. The molecule has 106 valence electrons. The van der Waals surface area contributed by atoms with E-state index in [-0.39, 0.29) is 11.5 Å². The van der Waals surface area contributed by atoms with Crippen molar-refractivity contribution in [3.8, 4) is 11.5 Å². The fraction of sp³-hybridized carbons (Fsp3) is 0.167. The SMILES string of the molecule is C=CC(O)(O)OC(O)(O)C=C.Oc1ccc(O)cc1. The van der Waals surface area contributed by atoms with Crippen molar-refractivity contribution in [1.29, 1.82) is 0 Å². The molecule has 0 fully saturated rings. The molecule has 0 spiro atoms. The highest BCUT2D eigenvalue weighted by molar-refractivity contribution is 5.28. The fourth-order valence-electron chi connectivity index (χ4n) is 0.757. The molecule has 0 aromatic heterocycles. The zero-order valence-electron chi connectivity index (χ0n) is 9.97. The lowest BCUT2D eigenvalue weighted by atomic mass is 10.3. The van der Waals surface area contributed by atoms with Crippen LogP contribution in [-0.4, -0.2) is 42.6 Å². The molecule has 0 saturated carbocycles. The Morgan fingerprint density at radius 2 is 1.05 bits per heavy atom. The van der Waals surface area contributed by atoms with Gasteiger partial charge < -0.3 is 30.6 Å². The molecule has 0 saturated heterocycles. The van der Waals surface area contributed by atoms with Gasteiger partial charge in [-0.25, -0.2) is 0 Å². The number of aliphatic hydroxyl groups is 4. The number of ether oxygens (including phenoxy) is 1. The summed E-state index contributed by atoms with van der Waals surface area (Å²) in [7, 11) is 0. The Kier molecular flexibility index (Phi) is 6.19. The van der Waals surface area contributed by atoms with E-state index in [2.05, 4.69) is 17.9 Å². The van der Waals surface area contributed by atoms with Crippen LogP contribution in [0.1, 0.15) is 0 Å². The number of phenols is 2. The van der Waals surface area contributed by atoms with Gasteiger partial charge in [-0.05, 0) is 36.4 Å². The van der Waals surface area contributed by atoms with E-state index in [1.807, 2.05) is 0 Å². The number of rotatable bonds is 4. The Bertz CT molecular complexity index is 370. The minimum Gasteiger partial charge on any atom is -0.508 e. The number of benzene rings is 1. The monoisotopic (exact) mass is 272 g/mol. The second-order valence-corrected chi connectivity index (χ2v) is 3.34. The van der Waals surface area contributed by atoms with Gasteiger partial charge in [-0.15, -0.1) is 0 Å². The van der Waals surface area contributed by atoms with Gasteiger partial charge in [0.05, 0.1) is 0 Å². The molecule has 0 aliphatic carbocycles. The first-order valence-electron chi connectivity index (χ1n) is 4.97. The van der Waals surface area contributed by atoms with E-state index in [9.17, 15) is 0 Å². The average Bonchev–Trinajstić information content (AvgIpc) is 2.33. The fourth-order valence-corrected chi connectivity index (χ4v) is 0.757. The zero-order valence-corrected chi connectivity index (χ0v) is 9.97. The molecule has 1 aromatic carbocycles. The summed E-state index contributed by atoms with van der Waals surface area (Å²) in [6.45, 7) is 5.94. The minimum atomic E-state index is -2.78. The topological polar surface area (TPSA) is 131 Å². The van der Waals surface area contributed by atoms with Crippen molar-refractivity contribution >= 4 is 0 Å². The summed E-state index contributed by atoms with van der Waals surface area (Å²) in [5.74, 6) is -5.22. The predicted molar refractivity (Wildman–Crippen MR) is 65.6 cm³/mol.